The minimum absolute atomic E-state index is 0.151. The molecule has 1 aromatic rings. The van der Waals surface area contributed by atoms with Gasteiger partial charge < -0.3 is 16.2 Å². The molecule has 82 valence electrons. The van der Waals surface area contributed by atoms with E-state index in [-0.39, 0.29) is 6.54 Å². The maximum atomic E-state index is 10.5. The molecular weight excluding hydrogens is 216 g/mol. The van der Waals surface area contributed by atoms with E-state index in [0.717, 1.165) is 5.56 Å². The Labute approximate surface area is 93.0 Å². The van der Waals surface area contributed by atoms with Crippen LogP contribution in [-0.2, 0) is 4.79 Å². The summed E-state index contributed by atoms with van der Waals surface area (Å²) in [5, 5.41) is 12.0. The molecule has 0 aliphatic carbocycles. The molecule has 0 bridgehead atoms. The van der Waals surface area contributed by atoms with Crippen LogP contribution >= 0.6 is 11.6 Å². The standard InChI is InChI=1S/C10H13ClN2O2/c1-6-2-3-7(11)9(4-6)13-5-8(12)10(14)15/h2-4,8,13H,5,12H2,1H3,(H,14,15). The number of carboxylic acid groups (broad SMARTS) is 1. The summed E-state index contributed by atoms with van der Waals surface area (Å²) in [5.74, 6) is -1.04. The Hall–Kier alpha value is -1.26. The smallest absolute Gasteiger partial charge is 0.322 e. The van der Waals surface area contributed by atoms with E-state index in [4.69, 9.17) is 22.4 Å². The van der Waals surface area contributed by atoms with Gasteiger partial charge in [0.25, 0.3) is 0 Å². The van der Waals surface area contributed by atoms with E-state index in [1.807, 2.05) is 19.1 Å². The van der Waals surface area contributed by atoms with E-state index < -0.39 is 12.0 Å². The molecule has 0 spiro atoms. The first-order chi connectivity index (χ1) is 7.00. The molecule has 1 rings (SSSR count). The van der Waals surface area contributed by atoms with Crippen LogP contribution in [0.2, 0.25) is 5.02 Å². The number of nitrogens with one attached hydrogen (secondary N) is 1. The maximum Gasteiger partial charge on any atom is 0.322 e. The van der Waals surface area contributed by atoms with E-state index in [1.165, 1.54) is 0 Å². The van der Waals surface area contributed by atoms with Crippen LogP contribution in [0.5, 0.6) is 0 Å². The van der Waals surface area contributed by atoms with Crippen molar-refractivity contribution >= 4 is 23.3 Å². The Bertz CT molecular complexity index is 368. The van der Waals surface area contributed by atoms with Crippen molar-refractivity contribution in [2.24, 2.45) is 5.73 Å². The molecule has 1 atom stereocenters. The molecule has 0 fully saturated rings. The fraction of sp³-hybridized carbons (Fsp3) is 0.300. The molecule has 0 saturated heterocycles. The van der Waals surface area contributed by atoms with Gasteiger partial charge in [0.15, 0.2) is 0 Å². The summed E-state index contributed by atoms with van der Waals surface area (Å²) in [4.78, 5) is 10.5. The van der Waals surface area contributed by atoms with Crippen molar-refractivity contribution in [3.63, 3.8) is 0 Å². The number of rotatable bonds is 4. The van der Waals surface area contributed by atoms with Gasteiger partial charge in [-0.05, 0) is 24.6 Å². The normalized spacial score (nSPS) is 12.2. The summed E-state index contributed by atoms with van der Waals surface area (Å²) < 4.78 is 0. The molecule has 4 nitrogen and oxygen atoms in total. The van der Waals surface area contributed by atoms with Crippen LogP contribution in [0.15, 0.2) is 18.2 Å². The highest BCUT2D eigenvalue weighted by Gasteiger charge is 2.11. The summed E-state index contributed by atoms with van der Waals surface area (Å²) in [7, 11) is 0. The van der Waals surface area contributed by atoms with Gasteiger partial charge >= 0.3 is 5.97 Å². The van der Waals surface area contributed by atoms with E-state index in [9.17, 15) is 4.79 Å². The minimum Gasteiger partial charge on any atom is -0.480 e. The van der Waals surface area contributed by atoms with Gasteiger partial charge in [0.2, 0.25) is 0 Å². The van der Waals surface area contributed by atoms with Crippen molar-refractivity contribution in [1.29, 1.82) is 0 Å². The van der Waals surface area contributed by atoms with Crippen LogP contribution in [0.25, 0.3) is 0 Å². The zero-order valence-corrected chi connectivity index (χ0v) is 9.08. The molecule has 0 aliphatic rings. The number of halogens is 1. The van der Waals surface area contributed by atoms with Gasteiger partial charge in [0.1, 0.15) is 6.04 Å². The third kappa shape index (κ3) is 3.42. The number of aryl methyl sites for hydroxylation is 1. The minimum atomic E-state index is -1.04. The number of anilines is 1. The summed E-state index contributed by atoms with van der Waals surface area (Å²) >= 11 is 5.91. The van der Waals surface area contributed by atoms with E-state index in [1.54, 1.807) is 6.07 Å². The average molecular weight is 229 g/mol. The van der Waals surface area contributed by atoms with Gasteiger partial charge in [-0.25, -0.2) is 0 Å². The Balaban J connectivity index is 2.65. The van der Waals surface area contributed by atoms with E-state index in [2.05, 4.69) is 5.32 Å². The van der Waals surface area contributed by atoms with Crippen molar-refractivity contribution in [2.45, 2.75) is 13.0 Å². The van der Waals surface area contributed by atoms with Crippen molar-refractivity contribution in [2.75, 3.05) is 11.9 Å². The van der Waals surface area contributed by atoms with Crippen LogP contribution in [0, 0.1) is 6.92 Å². The molecule has 15 heavy (non-hydrogen) atoms. The number of hydrogen-bond acceptors (Lipinski definition) is 3. The fourth-order valence-electron chi connectivity index (χ4n) is 1.08. The molecule has 1 unspecified atom stereocenters. The lowest BCUT2D eigenvalue weighted by molar-refractivity contribution is -0.138. The van der Waals surface area contributed by atoms with Gasteiger partial charge in [-0.15, -0.1) is 0 Å². The maximum absolute atomic E-state index is 10.5. The zero-order chi connectivity index (χ0) is 11.4. The lowest BCUT2D eigenvalue weighted by Crippen LogP contribution is -2.36. The SMILES string of the molecule is Cc1ccc(Cl)c(NCC(N)C(=O)O)c1. The Kier molecular flexibility index (Phi) is 3.94. The van der Waals surface area contributed by atoms with Crippen molar-refractivity contribution in [1.82, 2.24) is 0 Å². The first-order valence-electron chi connectivity index (χ1n) is 4.49. The van der Waals surface area contributed by atoms with E-state index in [0.29, 0.717) is 10.7 Å². The summed E-state index contributed by atoms with van der Waals surface area (Å²) in [6.45, 7) is 2.08. The Morgan fingerprint density at radius 2 is 2.33 bits per heavy atom. The zero-order valence-electron chi connectivity index (χ0n) is 8.33. The van der Waals surface area contributed by atoms with Crippen molar-refractivity contribution in [3.8, 4) is 0 Å². The first kappa shape index (κ1) is 11.8. The highest BCUT2D eigenvalue weighted by atomic mass is 35.5. The Morgan fingerprint density at radius 3 is 2.93 bits per heavy atom. The summed E-state index contributed by atoms with van der Waals surface area (Å²) in [6.07, 6.45) is 0. The molecular formula is C10H13ClN2O2. The fourth-order valence-corrected chi connectivity index (χ4v) is 1.27. The predicted molar refractivity (Wildman–Crippen MR) is 60.3 cm³/mol. The third-order valence-corrected chi connectivity index (χ3v) is 2.28. The summed E-state index contributed by atoms with van der Waals surface area (Å²) in [6, 6.07) is 4.55. The number of nitrogens with two attached hydrogens (primary N) is 1. The molecule has 0 amide bonds. The number of carboxylic acids is 1. The number of benzene rings is 1. The molecule has 0 radical (unpaired) electrons. The van der Waals surface area contributed by atoms with Crippen LogP contribution in [0.4, 0.5) is 5.69 Å². The monoisotopic (exact) mass is 228 g/mol. The second kappa shape index (κ2) is 5.00. The van der Waals surface area contributed by atoms with E-state index >= 15 is 0 Å². The molecule has 0 aromatic heterocycles. The second-order valence-corrected chi connectivity index (χ2v) is 3.72. The third-order valence-electron chi connectivity index (χ3n) is 1.95. The topological polar surface area (TPSA) is 75.3 Å². The Morgan fingerprint density at radius 1 is 1.67 bits per heavy atom. The van der Waals surface area contributed by atoms with Crippen LogP contribution < -0.4 is 11.1 Å². The van der Waals surface area contributed by atoms with Gasteiger partial charge in [-0.3, -0.25) is 4.79 Å². The van der Waals surface area contributed by atoms with Gasteiger partial charge in [-0.2, -0.15) is 0 Å². The van der Waals surface area contributed by atoms with Crippen LogP contribution in [0.1, 0.15) is 5.56 Å². The van der Waals surface area contributed by atoms with Gasteiger partial charge in [-0.1, -0.05) is 17.7 Å². The highest BCUT2D eigenvalue weighted by molar-refractivity contribution is 6.33. The number of aliphatic carboxylic acids is 1. The largest absolute Gasteiger partial charge is 0.480 e. The first-order valence-corrected chi connectivity index (χ1v) is 4.87. The average Bonchev–Trinajstić information content (AvgIpc) is 2.18. The number of carbonyl (C=O) groups is 1. The van der Waals surface area contributed by atoms with Crippen LogP contribution in [0.3, 0.4) is 0 Å². The molecule has 0 heterocycles. The summed E-state index contributed by atoms with van der Waals surface area (Å²) in [5.41, 5.74) is 7.10. The van der Waals surface area contributed by atoms with Gasteiger partial charge in [0.05, 0.1) is 10.7 Å². The quantitative estimate of drug-likeness (QED) is 0.730. The number of hydrogen-bond donors (Lipinski definition) is 3. The molecule has 1 aromatic carbocycles. The lowest BCUT2D eigenvalue weighted by atomic mass is 10.2. The molecule has 0 aliphatic heterocycles. The van der Waals surface area contributed by atoms with Crippen LogP contribution in [-0.4, -0.2) is 23.7 Å². The lowest BCUT2D eigenvalue weighted by Gasteiger charge is -2.11. The molecule has 5 heteroatoms. The van der Waals surface area contributed by atoms with Crippen molar-refractivity contribution in [3.05, 3.63) is 28.8 Å². The predicted octanol–water partition coefficient (Wildman–Crippen LogP) is 1.47. The second-order valence-electron chi connectivity index (χ2n) is 3.31. The molecule has 0 saturated carbocycles. The van der Waals surface area contributed by atoms with Crippen molar-refractivity contribution < 1.29 is 9.90 Å². The van der Waals surface area contributed by atoms with Gasteiger partial charge in [0, 0.05) is 6.54 Å². The molecule has 4 N–H and O–H groups in total. The highest BCUT2D eigenvalue weighted by Crippen LogP contribution is 2.22.